The fraction of sp³-hybridized carbons (Fsp3) is 0.297. The fourth-order valence-corrected chi connectivity index (χ4v) is 5.60. The molecule has 5 atom stereocenters. The van der Waals surface area contributed by atoms with Gasteiger partial charge in [0.2, 0.25) is 5.79 Å². The van der Waals surface area contributed by atoms with Gasteiger partial charge in [-0.2, -0.15) is 0 Å². The van der Waals surface area contributed by atoms with Gasteiger partial charge >= 0.3 is 0 Å². The average Bonchev–Trinajstić information content (AvgIpc) is 3.53. The summed E-state index contributed by atoms with van der Waals surface area (Å²) >= 11 is 0. The standard InChI is InChI=1S/C37H38O6/c1-5-14-29(15-6-1)24-38-28-33-34(39-25-30-16-7-2-8-17-30)35(40-26-31-18-9-3-10-19-31)36(37(43-33)22-13-23-42-37)41-27-32-20-11-4-12-21-32/h1-21,23,33-36H,22,24-28H2/t33?,34-,35?,36?,37+/m1/s1. The van der Waals surface area contributed by atoms with E-state index in [0.717, 1.165) is 22.3 Å². The molecule has 2 aliphatic rings. The minimum atomic E-state index is -1.07. The third-order valence-electron chi connectivity index (χ3n) is 7.78. The number of hydrogen-bond donors (Lipinski definition) is 0. The second kappa shape index (κ2) is 14.6. The Morgan fingerprint density at radius 1 is 0.558 bits per heavy atom. The summed E-state index contributed by atoms with van der Waals surface area (Å²) in [6, 6.07) is 40.5. The topological polar surface area (TPSA) is 55.4 Å². The molecule has 6 nitrogen and oxygen atoms in total. The van der Waals surface area contributed by atoms with Crippen molar-refractivity contribution >= 4 is 0 Å². The van der Waals surface area contributed by atoms with Crippen molar-refractivity contribution in [3.63, 3.8) is 0 Å². The highest BCUT2D eigenvalue weighted by molar-refractivity contribution is 5.17. The lowest BCUT2D eigenvalue weighted by atomic mass is 9.90. The van der Waals surface area contributed by atoms with Gasteiger partial charge in [-0.1, -0.05) is 121 Å². The second-order valence-electron chi connectivity index (χ2n) is 10.9. The average molecular weight is 579 g/mol. The van der Waals surface area contributed by atoms with Gasteiger partial charge in [0.05, 0.1) is 39.3 Å². The van der Waals surface area contributed by atoms with Crippen molar-refractivity contribution in [2.75, 3.05) is 6.61 Å². The van der Waals surface area contributed by atoms with Crippen LogP contribution in [0.3, 0.4) is 0 Å². The normalized spacial score (nSPS) is 24.7. The van der Waals surface area contributed by atoms with E-state index in [0.29, 0.717) is 39.5 Å². The zero-order valence-corrected chi connectivity index (χ0v) is 24.2. The molecule has 0 saturated carbocycles. The molecule has 3 unspecified atom stereocenters. The highest BCUT2D eigenvalue weighted by Crippen LogP contribution is 2.42. The summed E-state index contributed by atoms with van der Waals surface area (Å²) in [5.41, 5.74) is 4.28. The quantitative estimate of drug-likeness (QED) is 0.171. The van der Waals surface area contributed by atoms with E-state index in [1.807, 2.05) is 91.0 Å². The Bertz CT molecular complexity index is 1390. The van der Waals surface area contributed by atoms with Crippen LogP contribution >= 0.6 is 0 Å². The largest absolute Gasteiger partial charge is 0.467 e. The summed E-state index contributed by atoms with van der Waals surface area (Å²) in [6.45, 7) is 1.93. The van der Waals surface area contributed by atoms with Gasteiger partial charge < -0.3 is 28.4 Å². The van der Waals surface area contributed by atoms with Gasteiger partial charge in [-0.05, 0) is 28.3 Å². The third kappa shape index (κ3) is 7.60. The molecule has 1 fully saturated rings. The minimum Gasteiger partial charge on any atom is -0.467 e. The van der Waals surface area contributed by atoms with Crippen LogP contribution in [0.4, 0.5) is 0 Å². The van der Waals surface area contributed by atoms with E-state index in [9.17, 15) is 0 Å². The maximum atomic E-state index is 6.82. The number of hydrogen-bond acceptors (Lipinski definition) is 6. The Hall–Kier alpha value is -3.78. The summed E-state index contributed by atoms with van der Waals surface area (Å²) in [7, 11) is 0. The molecule has 6 heteroatoms. The van der Waals surface area contributed by atoms with Crippen molar-refractivity contribution < 1.29 is 28.4 Å². The predicted molar refractivity (Wildman–Crippen MR) is 164 cm³/mol. The molecule has 1 spiro atoms. The van der Waals surface area contributed by atoms with E-state index in [1.165, 1.54) is 0 Å². The maximum Gasteiger partial charge on any atom is 0.242 e. The van der Waals surface area contributed by atoms with Gasteiger partial charge in [-0.3, -0.25) is 0 Å². The first kappa shape index (κ1) is 29.3. The van der Waals surface area contributed by atoms with Crippen molar-refractivity contribution in [1.82, 2.24) is 0 Å². The van der Waals surface area contributed by atoms with Crippen LogP contribution in [-0.2, 0) is 54.8 Å². The molecule has 2 heterocycles. The molecule has 0 aliphatic carbocycles. The lowest BCUT2D eigenvalue weighted by Gasteiger charge is -2.50. The van der Waals surface area contributed by atoms with E-state index < -0.39 is 30.2 Å². The smallest absolute Gasteiger partial charge is 0.242 e. The molecule has 0 radical (unpaired) electrons. The van der Waals surface area contributed by atoms with Gasteiger partial charge in [-0.25, -0.2) is 0 Å². The summed E-state index contributed by atoms with van der Waals surface area (Å²) in [4.78, 5) is 0. The Balaban J connectivity index is 1.29. The highest BCUT2D eigenvalue weighted by Gasteiger charge is 2.59. The summed E-state index contributed by atoms with van der Waals surface area (Å²) in [5, 5.41) is 0. The van der Waals surface area contributed by atoms with Crippen LogP contribution in [0.1, 0.15) is 28.7 Å². The molecule has 43 heavy (non-hydrogen) atoms. The number of rotatable bonds is 13. The highest BCUT2D eigenvalue weighted by atomic mass is 16.7. The monoisotopic (exact) mass is 578 g/mol. The molecule has 0 amide bonds. The number of benzene rings is 4. The van der Waals surface area contributed by atoms with E-state index in [1.54, 1.807) is 6.26 Å². The third-order valence-corrected chi connectivity index (χ3v) is 7.78. The molecule has 0 N–H and O–H groups in total. The van der Waals surface area contributed by atoms with Gasteiger partial charge in [0.25, 0.3) is 0 Å². The first-order valence-corrected chi connectivity index (χ1v) is 14.9. The zero-order valence-electron chi connectivity index (χ0n) is 24.2. The van der Waals surface area contributed by atoms with Crippen LogP contribution in [0, 0.1) is 0 Å². The molecule has 0 bridgehead atoms. The van der Waals surface area contributed by atoms with Gasteiger partial charge in [0.15, 0.2) is 6.10 Å². The molecule has 222 valence electrons. The number of ether oxygens (including phenoxy) is 6. The van der Waals surface area contributed by atoms with Crippen molar-refractivity contribution in [2.45, 2.75) is 63.1 Å². The van der Waals surface area contributed by atoms with E-state index in [4.69, 9.17) is 28.4 Å². The Kier molecular flexibility index (Phi) is 9.95. The zero-order chi connectivity index (χ0) is 29.2. The molecule has 6 rings (SSSR count). The minimum absolute atomic E-state index is 0.302. The molecule has 2 aliphatic heterocycles. The van der Waals surface area contributed by atoms with Crippen LogP contribution in [0.15, 0.2) is 134 Å². The van der Waals surface area contributed by atoms with Crippen LogP contribution < -0.4 is 0 Å². The van der Waals surface area contributed by atoms with Crippen molar-refractivity contribution in [3.05, 3.63) is 156 Å². The summed E-state index contributed by atoms with van der Waals surface area (Å²) in [5.74, 6) is -1.07. The molecule has 1 saturated heterocycles. The van der Waals surface area contributed by atoms with Crippen LogP contribution in [-0.4, -0.2) is 36.8 Å². The Morgan fingerprint density at radius 2 is 1.02 bits per heavy atom. The van der Waals surface area contributed by atoms with Gasteiger partial charge in [-0.15, -0.1) is 0 Å². The van der Waals surface area contributed by atoms with Crippen molar-refractivity contribution in [1.29, 1.82) is 0 Å². The van der Waals surface area contributed by atoms with Gasteiger partial charge in [0, 0.05) is 6.42 Å². The van der Waals surface area contributed by atoms with E-state index in [2.05, 4.69) is 36.4 Å². The fourth-order valence-electron chi connectivity index (χ4n) is 5.60. The lowest BCUT2D eigenvalue weighted by molar-refractivity contribution is -0.365. The molecule has 4 aromatic carbocycles. The van der Waals surface area contributed by atoms with Crippen LogP contribution in [0.5, 0.6) is 0 Å². The predicted octanol–water partition coefficient (Wildman–Crippen LogP) is 6.99. The first-order valence-electron chi connectivity index (χ1n) is 14.9. The molecular weight excluding hydrogens is 540 g/mol. The second-order valence-corrected chi connectivity index (χ2v) is 10.9. The Morgan fingerprint density at radius 3 is 1.51 bits per heavy atom. The summed E-state index contributed by atoms with van der Waals surface area (Å²) in [6.07, 6.45) is 2.16. The van der Waals surface area contributed by atoms with Crippen molar-refractivity contribution in [2.24, 2.45) is 0 Å². The van der Waals surface area contributed by atoms with Crippen LogP contribution in [0.25, 0.3) is 0 Å². The molecular formula is C37H38O6. The Labute approximate surface area is 253 Å². The first-order chi connectivity index (χ1) is 21.3. The van der Waals surface area contributed by atoms with Crippen molar-refractivity contribution in [3.8, 4) is 0 Å². The van der Waals surface area contributed by atoms with E-state index >= 15 is 0 Å². The van der Waals surface area contributed by atoms with Crippen LogP contribution in [0.2, 0.25) is 0 Å². The molecule has 0 aromatic heterocycles. The maximum absolute atomic E-state index is 6.82. The SMILES string of the molecule is C1=CO[C@@]2(C1)OC(COCc1ccccc1)[C@@H](OCc1ccccc1)C(OCc1ccccc1)C2OCc1ccccc1. The summed E-state index contributed by atoms with van der Waals surface area (Å²) < 4.78 is 39.4. The molecule has 4 aromatic rings. The van der Waals surface area contributed by atoms with Gasteiger partial charge in [0.1, 0.15) is 18.3 Å². The van der Waals surface area contributed by atoms with E-state index in [-0.39, 0.29) is 0 Å². The lowest BCUT2D eigenvalue weighted by Crippen LogP contribution is -2.67.